The van der Waals surface area contributed by atoms with Crippen molar-refractivity contribution in [1.82, 2.24) is 0 Å². The molecule has 0 aliphatic heterocycles. The van der Waals surface area contributed by atoms with Crippen LogP contribution in [0, 0.1) is 5.41 Å². The van der Waals surface area contributed by atoms with Gasteiger partial charge in [-0.1, -0.05) is 13.3 Å². The molecule has 1 aliphatic carbocycles. The summed E-state index contributed by atoms with van der Waals surface area (Å²) in [5.74, 6) is -1.59. The third-order valence-electron chi connectivity index (χ3n) is 2.74. The fraction of sp³-hybridized carbons (Fsp3) is 0.800. The highest BCUT2D eigenvalue weighted by Crippen LogP contribution is 2.42. The first-order valence-electron chi connectivity index (χ1n) is 5.04. The van der Waals surface area contributed by atoms with Crippen LogP contribution in [0.1, 0.15) is 39.0 Å². The summed E-state index contributed by atoms with van der Waals surface area (Å²) in [7, 11) is 0. The average Bonchev–Trinajstić information content (AvgIpc) is 2.01. The number of esters is 1. The Labute approximate surface area is 83.2 Å². The van der Waals surface area contributed by atoms with Gasteiger partial charge in [0.1, 0.15) is 0 Å². The number of carbonyl (C=O) groups is 2. The molecule has 1 aliphatic rings. The van der Waals surface area contributed by atoms with E-state index in [0.717, 1.165) is 19.3 Å². The molecular formula is C10H16O4. The third kappa shape index (κ3) is 1.89. The molecule has 1 fully saturated rings. The Kier molecular flexibility index (Phi) is 3.49. The molecule has 0 saturated heterocycles. The van der Waals surface area contributed by atoms with Crippen LogP contribution in [0.4, 0.5) is 0 Å². The molecule has 4 nitrogen and oxygen atoms in total. The molecule has 0 aromatic carbocycles. The summed E-state index contributed by atoms with van der Waals surface area (Å²) in [6, 6.07) is 0. The lowest BCUT2D eigenvalue weighted by Gasteiger charge is -2.34. The number of hydrogen-bond acceptors (Lipinski definition) is 3. The largest absolute Gasteiger partial charge is 0.480 e. The van der Waals surface area contributed by atoms with Crippen molar-refractivity contribution in [2.75, 3.05) is 6.61 Å². The zero-order valence-electron chi connectivity index (χ0n) is 8.41. The highest BCUT2D eigenvalue weighted by molar-refractivity contribution is 6.00. The van der Waals surface area contributed by atoms with Crippen LogP contribution in [0.2, 0.25) is 0 Å². The lowest BCUT2D eigenvalue weighted by atomic mass is 9.69. The zero-order chi connectivity index (χ0) is 10.6. The number of ether oxygens (including phenoxy) is 1. The first-order valence-corrected chi connectivity index (χ1v) is 5.04. The van der Waals surface area contributed by atoms with Gasteiger partial charge >= 0.3 is 11.9 Å². The van der Waals surface area contributed by atoms with Gasteiger partial charge in [-0.2, -0.15) is 0 Å². The van der Waals surface area contributed by atoms with Gasteiger partial charge in [0.15, 0.2) is 5.41 Å². The summed E-state index contributed by atoms with van der Waals surface area (Å²) in [4.78, 5) is 22.3. The van der Waals surface area contributed by atoms with Gasteiger partial charge in [-0.15, -0.1) is 0 Å². The molecular weight excluding hydrogens is 184 g/mol. The molecule has 0 atom stereocenters. The summed E-state index contributed by atoms with van der Waals surface area (Å²) >= 11 is 0. The Morgan fingerprint density at radius 1 is 1.43 bits per heavy atom. The second-order valence-corrected chi connectivity index (χ2v) is 3.73. The Hall–Kier alpha value is -1.06. The van der Waals surface area contributed by atoms with Crippen LogP contribution in [0.15, 0.2) is 0 Å². The van der Waals surface area contributed by atoms with Gasteiger partial charge in [0, 0.05) is 0 Å². The second kappa shape index (κ2) is 4.44. The molecule has 14 heavy (non-hydrogen) atoms. The van der Waals surface area contributed by atoms with E-state index in [-0.39, 0.29) is 0 Å². The Balaban J connectivity index is 2.45. The van der Waals surface area contributed by atoms with Crippen LogP contribution >= 0.6 is 0 Å². The van der Waals surface area contributed by atoms with Crippen LogP contribution in [0.5, 0.6) is 0 Å². The van der Waals surface area contributed by atoms with Crippen molar-refractivity contribution in [2.24, 2.45) is 5.41 Å². The van der Waals surface area contributed by atoms with Gasteiger partial charge in [0.2, 0.25) is 0 Å². The number of rotatable bonds is 5. The summed E-state index contributed by atoms with van der Waals surface area (Å²) in [6.45, 7) is 2.33. The van der Waals surface area contributed by atoms with E-state index >= 15 is 0 Å². The molecule has 1 rings (SSSR count). The molecule has 0 bridgehead atoms. The topological polar surface area (TPSA) is 63.6 Å². The van der Waals surface area contributed by atoms with E-state index in [4.69, 9.17) is 9.84 Å². The van der Waals surface area contributed by atoms with Gasteiger partial charge in [0.05, 0.1) is 6.61 Å². The van der Waals surface area contributed by atoms with Gasteiger partial charge in [-0.25, -0.2) is 0 Å². The quantitative estimate of drug-likeness (QED) is 0.416. The smallest absolute Gasteiger partial charge is 0.323 e. The molecule has 0 heterocycles. The maximum absolute atomic E-state index is 11.5. The monoisotopic (exact) mass is 200 g/mol. The van der Waals surface area contributed by atoms with Crippen molar-refractivity contribution < 1.29 is 19.4 Å². The highest BCUT2D eigenvalue weighted by Gasteiger charge is 2.52. The zero-order valence-corrected chi connectivity index (χ0v) is 8.41. The van der Waals surface area contributed by atoms with Crippen molar-refractivity contribution in [1.29, 1.82) is 0 Å². The van der Waals surface area contributed by atoms with Gasteiger partial charge < -0.3 is 9.84 Å². The highest BCUT2D eigenvalue weighted by atomic mass is 16.5. The molecule has 80 valence electrons. The van der Waals surface area contributed by atoms with E-state index in [0.29, 0.717) is 19.4 Å². The van der Waals surface area contributed by atoms with Crippen molar-refractivity contribution in [3.63, 3.8) is 0 Å². The normalized spacial score (nSPS) is 18.4. The lowest BCUT2D eigenvalue weighted by Crippen LogP contribution is -2.46. The maximum atomic E-state index is 11.5. The fourth-order valence-electron chi connectivity index (χ4n) is 1.48. The Morgan fingerprint density at radius 3 is 2.43 bits per heavy atom. The minimum absolute atomic E-state index is 0.338. The predicted octanol–water partition coefficient (Wildman–Crippen LogP) is 1.58. The van der Waals surface area contributed by atoms with E-state index in [1.165, 1.54) is 0 Å². The summed E-state index contributed by atoms with van der Waals surface area (Å²) < 4.78 is 4.93. The second-order valence-electron chi connectivity index (χ2n) is 3.73. The number of hydrogen-bond donors (Lipinski definition) is 1. The van der Waals surface area contributed by atoms with Crippen LogP contribution in [-0.4, -0.2) is 23.7 Å². The van der Waals surface area contributed by atoms with Gasteiger partial charge in [0.25, 0.3) is 0 Å². The summed E-state index contributed by atoms with van der Waals surface area (Å²) in [5.41, 5.74) is -1.21. The molecule has 0 amide bonds. The van der Waals surface area contributed by atoms with E-state index in [1.54, 1.807) is 0 Å². The summed E-state index contributed by atoms with van der Waals surface area (Å²) in [6.07, 6.45) is 3.38. The number of carboxylic acids is 1. The number of aliphatic carboxylic acids is 1. The third-order valence-corrected chi connectivity index (χ3v) is 2.74. The predicted molar refractivity (Wildman–Crippen MR) is 49.8 cm³/mol. The Bertz CT molecular complexity index is 230. The number of unbranched alkanes of at least 4 members (excludes halogenated alkanes) is 1. The summed E-state index contributed by atoms with van der Waals surface area (Å²) in [5, 5.41) is 8.91. The SMILES string of the molecule is CCCCOC(=O)C1(C(=O)O)CCC1. The molecule has 0 aromatic rings. The maximum Gasteiger partial charge on any atom is 0.323 e. The van der Waals surface area contributed by atoms with E-state index in [1.807, 2.05) is 6.92 Å². The van der Waals surface area contributed by atoms with Crippen molar-refractivity contribution in [3.05, 3.63) is 0 Å². The lowest BCUT2D eigenvalue weighted by molar-refractivity contribution is -0.175. The van der Waals surface area contributed by atoms with Crippen LogP contribution in [-0.2, 0) is 14.3 Å². The number of carbonyl (C=O) groups excluding carboxylic acids is 1. The van der Waals surface area contributed by atoms with Crippen LogP contribution in [0.25, 0.3) is 0 Å². The molecule has 4 heteroatoms. The standard InChI is InChI=1S/C10H16O4/c1-2-3-7-14-9(13)10(8(11)12)5-4-6-10/h2-7H2,1H3,(H,11,12). The minimum atomic E-state index is -1.21. The molecule has 0 spiro atoms. The van der Waals surface area contributed by atoms with E-state index in [2.05, 4.69) is 0 Å². The first-order chi connectivity index (χ1) is 6.63. The average molecular weight is 200 g/mol. The van der Waals surface area contributed by atoms with Gasteiger partial charge in [-0.3, -0.25) is 9.59 Å². The van der Waals surface area contributed by atoms with Crippen LogP contribution < -0.4 is 0 Å². The molecule has 1 saturated carbocycles. The molecule has 0 radical (unpaired) electrons. The van der Waals surface area contributed by atoms with Crippen molar-refractivity contribution >= 4 is 11.9 Å². The van der Waals surface area contributed by atoms with Gasteiger partial charge in [-0.05, 0) is 25.7 Å². The first kappa shape index (κ1) is 11.0. The van der Waals surface area contributed by atoms with Crippen molar-refractivity contribution in [2.45, 2.75) is 39.0 Å². The minimum Gasteiger partial charge on any atom is -0.480 e. The van der Waals surface area contributed by atoms with Crippen molar-refractivity contribution in [3.8, 4) is 0 Å². The fourth-order valence-corrected chi connectivity index (χ4v) is 1.48. The molecule has 1 N–H and O–H groups in total. The number of carboxylic acid groups (broad SMARTS) is 1. The Morgan fingerprint density at radius 2 is 2.07 bits per heavy atom. The van der Waals surface area contributed by atoms with E-state index in [9.17, 15) is 9.59 Å². The molecule has 0 unspecified atom stereocenters. The van der Waals surface area contributed by atoms with Crippen LogP contribution in [0.3, 0.4) is 0 Å². The molecule has 0 aromatic heterocycles. The van der Waals surface area contributed by atoms with E-state index < -0.39 is 17.4 Å².